The van der Waals surface area contributed by atoms with Gasteiger partial charge in [-0.3, -0.25) is 9.59 Å². The first-order valence-corrected chi connectivity index (χ1v) is 8.38. The van der Waals surface area contributed by atoms with Gasteiger partial charge in [0.25, 0.3) is 0 Å². The zero-order valence-corrected chi connectivity index (χ0v) is 13.8. The Bertz CT molecular complexity index is 667. The molecular weight excluding hydrogens is 306 g/mol. The number of para-hydroxylation sites is 1. The van der Waals surface area contributed by atoms with E-state index in [1.54, 1.807) is 14.1 Å². The molecular formula is C14H17N3O2S2. The quantitative estimate of drug-likeness (QED) is 0.917. The molecule has 0 spiro atoms. The zero-order chi connectivity index (χ0) is 15.4. The predicted octanol–water partition coefficient (Wildman–Crippen LogP) is 2.36. The normalized spacial score (nSPS) is 10.6. The first-order valence-electron chi connectivity index (χ1n) is 6.41. The molecule has 2 rings (SSSR count). The summed E-state index contributed by atoms with van der Waals surface area (Å²) in [6.45, 7) is 2.00. The number of hydrogen-bond acceptors (Lipinski definition) is 5. The van der Waals surface area contributed by atoms with Crippen molar-refractivity contribution < 1.29 is 9.59 Å². The number of anilines is 1. The first kappa shape index (κ1) is 15.8. The Kier molecular flexibility index (Phi) is 5.19. The van der Waals surface area contributed by atoms with E-state index in [4.69, 9.17) is 0 Å². The second kappa shape index (κ2) is 6.91. The summed E-state index contributed by atoms with van der Waals surface area (Å²) in [6, 6.07) is 5.96. The molecule has 2 amide bonds. The number of amides is 2. The largest absolute Gasteiger partial charge is 0.348 e. The highest BCUT2D eigenvalue weighted by atomic mass is 32.2. The van der Waals surface area contributed by atoms with Gasteiger partial charge < -0.3 is 10.2 Å². The molecule has 0 saturated heterocycles. The molecule has 1 N–H and O–H groups in total. The SMILES string of the molecule is Cc1cccc2sc(NC(=O)CSCC(=O)N(C)C)nc12. The summed E-state index contributed by atoms with van der Waals surface area (Å²) in [5.74, 6) is 0.417. The van der Waals surface area contributed by atoms with E-state index in [2.05, 4.69) is 10.3 Å². The average molecular weight is 323 g/mol. The maximum Gasteiger partial charge on any atom is 0.236 e. The fraction of sp³-hybridized carbons (Fsp3) is 0.357. The molecule has 2 aromatic rings. The highest BCUT2D eigenvalue weighted by Gasteiger charge is 2.10. The van der Waals surface area contributed by atoms with E-state index in [1.165, 1.54) is 28.0 Å². The second-order valence-electron chi connectivity index (χ2n) is 4.77. The molecule has 0 unspecified atom stereocenters. The van der Waals surface area contributed by atoms with Crippen LogP contribution in [0.5, 0.6) is 0 Å². The van der Waals surface area contributed by atoms with Crippen molar-refractivity contribution in [3.63, 3.8) is 0 Å². The Morgan fingerprint density at radius 1 is 1.33 bits per heavy atom. The molecule has 0 fully saturated rings. The van der Waals surface area contributed by atoms with Crippen LogP contribution >= 0.6 is 23.1 Å². The van der Waals surface area contributed by atoms with Crippen molar-refractivity contribution in [2.75, 3.05) is 30.9 Å². The van der Waals surface area contributed by atoms with E-state index in [0.29, 0.717) is 10.9 Å². The minimum Gasteiger partial charge on any atom is -0.348 e. The van der Waals surface area contributed by atoms with Gasteiger partial charge in [-0.05, 0) is 18.6 Å². The summed E-state index contributed by atoms with van der Waals surface area (Å²) in [5, 5.41) is 3.39. The van der Waals surface area contributed by atoms with Crippen LogP contribution < -0.4 is 5.32 Å². The van der Waals surface area contributed by atoms with Crippen molar-refractivity contribution >= 4 is 50.3 Å². The van der Waals surface area contributed by atoms with Crippen LogP contribution in [-0.2, 0) is 9.59 Å². The predicted molar refractivity (Wildman–Crippen MR) is 89.0 cm³/mol. The lowest BCUT2D eigenvalue weighted by Gasteiger charge is -2.09. The Morgan fingerprint density at radius 2 is 2.10 bits per heavy atom. The molecule has 5 nitrogen and oxygen atoms in total. The number of carbonyl (C=O) groups excluding carboxylic acids is 2. The number of thioether (sulfide) groups is 1. The third-order valence-electron chi connectivity index (χ3n) is 2.82. The van der Waals surface area contributed by atoms with Crippen LogP contribution in [0.4, 0.5) is 5.13 Å². The number of rotatable bonds is 5. The first-order chi connectivity index (χ1) is 9.97. The summed E-state index contributed by atoms with van der Waals surface area (Å²) < 4.78 is 1.06. The van der Waals surface area contributed by atoms with Crippen LogP contribution in [-0.4, -0.2) is 47.3 Å². The van der Waals surface area contributed by atoms with Crippen molar-refractivity contribution in [2.24, 2.45) is 0 Å². The van der Waals surface area contributed by atoms with Gasteiger partial charge in [-0.25, -0.2) is 4.98 Å². The summed E-state index contributed by atoms with van der Waals surface area (Å²) in [7, 11) is 3.40. The van der Waals surface area contributed by atoms with Crippen LogP contribution in [0.25, 0.3) is 10.2 Å². The van der Waals surface area contributed by atoms with E-state index < -0.39 is 0 Å². The number of nitrogens with one attached hydrogen (secondary N) is 1. The number of fused-ring (bicyclic) bond motifs is 1. The van der Waals surface area contributed by atoms with Crippen LogP contribution in [0.1, 0.15) is 5.56 Å². The van der Waals surface area contributed by atoms with Crippen LogP contribution in [0.3, 0.4) is 0 Å². The third kappa shape index (κ3) is 4.18. The monoisotopic (exact) mass is 323 g/mol. The molecule has 0 saturated carbocycles. The molecule has 7 heteroatoms. The van der Waals surface area contributed by atoms with E-state index in [0.717, 1.165) is 15.8 Å². The van der Waals surface area contributed by atoms with Gasteiger partial charge in [0, 0.05) is 14.1 Å². The van der Waals surface area contributed by atoms with Crippen molar-refractivity contribution in [2.45, 2.75) is 6.92 Å². The summed E-state index contributed by atoms with van der Waals surface area (Å²) >= 11 is 2.76. The number of aryl methyl sites for hydroxylation is 1. The average Bonchev–Trinajstić information content (AvgIpc) is 2.82. The van der Waals surface area contributed by atoms with E-state index >= 15 is 0 Å². The number of thiazole rings is 1. The van der Waals surface area contributed by atoms with Crippen molar-refractivity contribution in [3.05, 3.63) is 23.8 Å². The van der Waals surface area contributed by atoms with Gasteiger partial charge >= 0.3 is 0 Å². The van der Waals surface area contributed by atoms with Gasteiger partial charge in [-0.2, -0.15) is 0 Å². The lowest BCUT2D eigenvalue weighted by atomic mass is 10.2. The lowest BCUT2D eigenvalue weighted by Crippen LogP contribution is -2.24. The second-order valence-corrected chi connectivity index (χ2v) is 6.79. The maximum absolute atomic E-state index is 11.8. The maximum atomic E-state index is 11.8. The Labute approximate surface area is 131 Å². The van der Waals surface area contributed by atoms with Crippen molar-refractivity contribution in [1.82, 2.24) is 9.88 Å². The molecule has 0 aliphatic carbocycles. The smallest absolute Gasteiger partial charge is 0.236 e. The number of benzene rings is 1. The van der Waals surface area contributed by atoms with Gasteiger partial charge in [0.15, 0.2) is 5.13 Å². The fourth-order valence-corrected chi connectivity index (χ4v) is 3.41. The minimum absolute atomic E-state index is 0.00316. The van der Waals surface area contributed by atoms with Gasteiger partial charge in [0.2, 0.25) is 11.8 Å². The Balaban J connectivity index is 1.90. The van der Waals surface area contributed by atoms with Gasteiger partial charge in [0.1, 0.15) is 0 Å². The molecule has 0 radical (unpaired) electrons. The number of nitrogens with zero attached hydrogens (tertiary/aromatic N) is 2. The zero-order valence-electron chi connectivity index (χ0n) is 12.2. The Hall–Kier alpha value is -1.60. The van der Waals surface area contributed by atoms with Crippen LogP contribution in [0, 0.1) is 6.92 Å². The minimum atomic E-state index is -0.136. The van der Waals surface area contributed by atoms with E-state index in [1.807, 2.05) is 25.1 Å². The summed E-state index contributed by atoms with van der Waals surface area (Å²) in [5.41, 5.74) is 2.02. The van der Waals surface area contributed by atoms with Crippen LogP contribution in [0.15, 0.2) is 18.2 Å². The van der Waals surface area contributed by atoms with E-state index in [-0.39, 0.29) is 17.6 Å². The van der Waals surface area contributed by atoms with Crippen LogP contribution in [0.2, 0.25) is 0 Å². The number of hydrogen-bond donors (Lipinski definition) is 1. The summed E-state index contributed by atoms with van der Waals surface area (Å²) in [6.07, 6.45) is 0. The third-order valence-corrected chi connectivity index (χ3v) is 4.68. The summed E-state index contributed by atoms with van der Waals surface area (Å²) in [4.78, 5) is 29.2. The molecule has 0 atom stereocenters. The molecule has 1 aromatic heterocycles. The highest BCUT2D eigenvalue weighted by molar-refractivity contribution is 8.00. The highest BCUT2D eigenvalue weighted by Crippen LogP contribution is 2.27. The van der Waals surface area contributed by atoms with Crippen molar-refractivity contribution in [1.29, 1.82) is 0 Å². The molecule has 112 valence electrons. The number of aromatic nitrogens is 1. The Morgan fingerprint density at radius 3 is 2.76 bits per heavy atom. The van der Waals surface area contributed by atoms with Gasteiger partial charge in [-0.15, -0.1) is 11.8 Å². The molecule has 21 heavy (non-hydrogen) atoms. The van der Waals surface area contributed by atoms with E-state index in [9.17, 15) is 9.59 Å². The molecule has 1 aromatic carbocycles. The van der Waals surface area contributed by atoms with Gasteiger partial charge in [-0.1, -0.05) is 23.5 Å². The fourth-order valence-electron chi connectivity index (χ4n) is 1.66. The molecule has 0 bridgehead atoms. The molecule has 0 aliphatic rings. The molecule has 1 heterocycles. The topological polar surface area (TPSA) is 62.3 Å². The molecule has 0 aliphatic heterocycles. The number of carbonyl (C=O) groups is 2. The van der Waals surface area contributed by atoms with Crippen molar-refractivity contribution in [3.8, 4) is 0 Å². The lowest BCUT2D eigenvalue weighted by molar-refractivity contribution is -0.125. The standard InChI is InChI=1S/C14H17N3O2S2/c1-9-5-4-6-10-13(9)16-14(21-10)15-11(18)7-20-8-12(19)17(2)3/h4-6H,7-8H2,1-3H3,(H,15,16,18). The van der Waals surface area contributed by atoms with Gasteiger partial charge in [0.05, 0.1) is 21.7 Å².